The van der Waals surface area contributed by atoms with Crippen molar-refractivity contribution < 1.29 is 19.1 Å². The number of aromatic nitrogens is 2. The van der Waals surface area contributed by atoms with Crippen LogP contribution in [-0.2, 0) is 4.74 Å². The summed E-state index contributed by atoms with van der Waals surface area (Å²) >= 11 is 7.06. The third-order valence-corrected chi connectivity index (χ3v) is 5.88. The van der Waals surface area contributed by atoms with Crippen molar-refractivity contribution in [2.75, 3.05) is 24.4 Å². The molecule has 0 aliphatic rings. The second-order valence-electron chi connectivity index (χ2n) is 6.93. The maximum atomic E-state index is 13.4. The van der Waals surface area contributed by atoms with Gasteiger partial charge in [-0.3, -0.25) is 10.1 Å². The summed E-state index contributed by atoms with van der Waals surface area (Å²) in [6.45, 7) is 1.82. The molecule has 0 unspecified atom stereocenters. The molecule has 0 atom stereocenters. The van der Waals surface area contributed by atoms with Gasteiger partial charge in [0.1, 0.15) is 10.8 Å². The Labute approximate surface area is 202 Å². The molecule has 2 N–H and O–H groups in total. The van der Waals surface area contributed by atoms with Crippen LogP contribution in [0.15, 0.2) is 58.7 Å². The van der Waals surface area contributed by atoms with Crippen LogP contribution in [0, 0.1) is 0 Å². The van der Waals surface area contributed by atoms with Crippen LogP contribution in [0.1, 0.15) is 17.4 Å². The highest BCUT2D eigenvalue weighted by Crippen LogP contribution is 2.31. The monoisotopic (exact) mass is 498 g/mol. The number of halogens is 1. The number of carbonyl (C=O) groups is 2. The molecular weight excluding hydrogens is 480 g/mol. The summed E-state index contributed by atoms with van der Waals surface area (Å²) in [4.78, 5) is 38.7. The predicted molar refractivity (Wildman–Crippen MR) is 132 cm³/mol. The van der Waals surface area contributed by atoms with Crippen LogP contribution in [0.25, 0.3) is 16.5 Å². The average Bonchev–Trinajstić information content (AvgIpc) is 3.23. The molecule has 0 aliphatic carbocycles. The molecule has 0 aliphatic heterocycles. The van der Waals surface area contributed by atoms with E-state index in [-0.39, 0.29) is 28.1 Å². The fourth-order valence-electron chi connectivity index (χ4n) is 3.22. The maximum absolute atomic E-state index is 13.4. The summed E-state index contributed by atoms with van der Waals surface area (Å²) in [7, 11) is 1.53. The lowest BCUT2D eigenvalue weighted by Crippen LogP contribution is -2.26. The first kappa shape index (κ1) is 23.3. The average molecular weight is 499 g/mol. The van der Waals surface area contributed by atoms with Gasteiger partial charge in [0.05, 0.1) is 24.8 Å². The lowest BCUT2D eigenvalue weighted by Gasteiger charge is -2.11. The number of thiophene rings is 1. The number of carbonyl (C=O) groups excluding carboxylic acids is 2. The molecule has 9 nitrogen and oxygen atoms in total. The zero-order chi connectivity index (χ0) is 24.2. The number of rotatable bonds is 6. The van der Waals surface area contributed by atoms with E-state index in [2.05, 4.69) is 15.7 Å². The Kier molecular flexibility index (Phi) is 6.80. The molecule has 4 rings (SSSR count). The van der Waals surface area contributed by atoms with E-state index >= 15 is 0 Å². The van der Waals surface area contributed by atoms with Crippen molar-refractivity contribution in [3.05, 3.63) is 75.0 Å². The Morgan fingerprint density at radius 1 is 1.15 bits per heavy atom. The van der Waals surface area contributed by atoms with Gasteiger partial charge >= 0.3 is 12.0 Å². The Morgan fingerprint density at radius 3 is 2.59 bits per heavy atom. The number of anilines is 2. The Morgan fingerprint density at radius 2 is 1.91 bits per heavy atom. The van der Waals surface area contributed by atoms with Crippen molar-refractivity contribution in [2.24, 2.45) is 0 Å². The number of nitrogens with zero attached hydrogens (tertiary/aromatic N) is 2. The van der Waals surface area contributed by atoms with E-state index in [0.29, 0.717) is 22.1 Å². The van der Waals surface area contributed by atoms with Crippen LogP contribution >= 0.6 is 22.9 Å². The van der Waals surface area contributed by atoms with E-state index < -0.39 is 17.6 Å². The van der Waals surface area contributed by atoms with Crippen LogP contribution in [0.2, 0.25) is 5.02 Å². The van der Waals surface area contributed by atoms with Crippen LogP contribution in [-0.4, -0.2) is 35.5 Å². The van der Waals surface area contributed by atoms with Gasteiger partial charge in [0.25, 0.3) is 5.56 Å². The Hall–Kier alpha value is -3.89. The summed E-state index contributed by atoms with van der Waals surface area (Å²) < 4.78 is 11.4. The minimum atomic E-state index is -0.678. The van der Waals surface area contributed by atoms with Crippen molar-refractivity contribution in [1.29, 1.82) is 0 Å². The third kappa shape index (κ3) is 4.73. The van der Waals surface area contributed by atoms with Gasteiger partial charge in [-0.2, -0.15) is 9.78 Å². The van der Waals surface area contributed by atoms with Gasteiger partial charge in [-0.05, 0) is 49.4 Å². The van der Waals surface area contributed by atoms with Crippen molar-refractivity contribution in [3.8, 4) is 11.4 Å². The highest BCUT2D eigenvalue weighted by Gasteiger charge is 2.23. The normalized spacial score (nSPS) is 10.7. The van der Waals surface area contributed by atoms with Crippen LogP contribution in [0.3, 0.4) is 0 Å². The minimum absolute atomic E-state index is 0.0354. The molecular formula is C23H19ClN4O5S. The molecule has 0 radical (unpaired) electrons. The van der Waals surface area contributed by atoms with Gasteiger partial charge in [0.2, 0.25) is 0 Å². The van der Waals surface area contributed by atoms with Crippen LogP contribution < -0.4 is 20.9 Å². The van der Waals surface area contributed by atoms with Crippen molar-refractivity contribution in [2.45, 2.75) is 6.92 Å². The molecule has 2 aromatic heterocycles. The molecule has 34 heavy (non-hydrogen) atoms. The molecule has 0 saturated heterocycles. The van der Waals surface area contributed by atoms with E-state index in [1.54, 1.807) is 60.8 Å². The number of esters is 1. The fourth-order valence-corrected chi connectivity index (χ4v) is 4.34. The van der Waals surface area contributed by atoms with Gasteiger partial charge in [-0.1, -0.05) is 17.7 Å². The number of ether oxygens (including phenoxy) is 2. The molecule has 174 valence electrons. The Balaban J connectivity index is 1.79. The number of hydrogen-bond donors (Lipinski definition) is 2. The first-order chi connectivity index (χ1) is 16.4. The molecule has 11 heteroatoms. The Bertz CT molecular complexity index is 1430. The second kappa shape index (κ2) is 9.94. The lowest BCUT2D eigenvalue weighted by atomic mass is 10.2. The first-order valence-electron chi connectivity index (χ1n) is 10.1. The number of nitrogens with one attached hydrogen (secondary N) is 2. The zero-order valence-corrected chi connectivity index (χ0v) is 19.7. The number of urea groups is 1. The fraction of sp³-hybridized carbons (Fsp3) is 0.130. The van der Waals surface area contributed by atoms with Gasteiger partial charge in [-0.25, -0.2) is 9.59 Å². The second-order valence-corrected chi connectivity index (χ2v) is 8.24. The molecule has 2 heterocycles. The van der Waals surface area contributed by atoms with Crippen LogP contribution in [0.4, 0.5) is 15.5 Å². The summed E-state index contributed by atoms with van der Waals surface area (Å²) in [5.74, 6) is -0.0819. The molecule has 4 aromatic rings. The van der Waals surface area contributed by atoms with E-state index in [4.69, 9.17) is 21.1 Å². The number of methoxy groups -OCH3 is 1. The molecule has 0 fully saturated rings. The van der Waals surface area contributed by atoms with Gasteiger partial charge < -0.3 is 14.8 Å². The van der Waals surface area contributed by atoms with E-state index in [0.717, 1.165) is 16.0 Å². The molecule has 0 saturated carbocycles. The number of benzene rings is 2. The minimum Gasteiger partial charge on any atom is -0.497 e. The summed E-state index contributed by atoms with van der Waals surface area (Å²) in [6, 6.07) is 12.7. The van der Waals surface area contributed by atoms with Crippen molar-refractivity contribution in [3.63, 3.8) is 0 Å². The largest absolute Gasteiger partial charge is 0.497 e. The van der Waals surface area contributed by atoms with Gasteiger partial charge in [0.15, 0.2) is 5.69 Å². The van der Waals surface area contributed by atoms with E-state index in [9.17, 15) is 14.4 Å². The van der Waals surface area contributed by atoms with Gasteiger partial charge in [0, 0.05) is 21.5 Å². The van der Waals surface area contributed by atoms with Crippen LogP contribution in [0.5, 0.6) is 5.75 Å². The topological polar surface area (TPSA) is 112 Å². The SMILES string of the molecule is CCOC(=O)c1nn(-c2ccc(OC)cc2)c(=O)c2c(NC(=O)Nc3cccc(Cl)c3)scc12. The molecule has 2 amide bonds. The summed E-state index contributed by atoms with van der Waals surface area (Å²) in [5, 5.41) is 12.3. The summed E-state index contributed by atoms with van der Waals surface area (Å²) in [6.07, 6.45) is 0. The van der Waals surface area contributed by atoms with E-state index in [1.165, 1.54) is 7.11 Å². The highest BCUT2D eigenvalue weighted by atomic mass is 35.5. The highest BCUT2D eigenvalue weighted by molar-refractivity contribution is 7.16. The molecule has 2 aromatic carbocycles. The zero-order valence-electron chi connectivity index (χ0n) is 18.1. The number of amides is 2. The maximum Gasteiger partial charge on any atom is 0.359 e. The molecule has 0 spiro atoms. The first-order valence-corrected chi connectivity index (χ1v) is 11.4. The smallest absolute Gasteiger partial charge is 0.359 e. The molecule has 0 bridgehead atoms. The number of fused-ring (bicyclic) bond motifs is 1. The van der Waals surface area contributed by atoms with E-state index in [1.807, 2.05) is 0 Å². The van der Waals surface area contributed by atoms with Crippen molar-refractivity contribution >= 4 is 56.4 Å². The predicted octanol–water partition coefficient (Wildman–Crippen LogP) is 4.93. The quantitative estimate of drug-likeness (QED) is 0.364. The third-order valence-electron chi connectivity index (χ3n) is 4.75. The van der Waals surface area contributed by atoms with Crippen molar-refractivity contribution in [1.82, 2.24) is 9.78 Å². The summed E-state index contributed by atoms with van der Waals surface area (Å²) in [5.41, 5.74) is 0.355. The van der Waals surface area contributed by atoms with Gasteiger partial charge in [-0.15, -0.1) is 11.3 Å². The standard InChI is InChI=1S/C23H19ClN4O5S/c1-3-33-22(30)19-17-12-34-20(26-23(31)25-14-6-4-5-13(24)11-14)18(17)21(29)28(27-19)15-7-9-16(32-2)10-8-15/h4-12H,3H2,1-2H3,(H2,25,26,31). The number of hydrogen-bond acceptors (Lipinski definition) is 7. The lowest BCUT2D eigenvalue weighted by molar-refractivity contribution is 0.0520.